The lowest BCUT2D eigenvalue weighted by atomic mass is 10.0. The molecule has 1 N–H and O–H groups in total. The van der Waals surface area contributed by atoms with Crippen molar-refractivity contribution < 1.29 is 14.3 Å². The quantitative estimate of drug-likeness (QED) is 0.859. The predicted octanol–water partition coefficient (Wildman–Crippen LogP) is 1.99. The van der Waals surface area contributed by atoms with Crippen LogP contribution in [0.15, 0.2) is 0 Å². The van der Waals surface area contributed by atoms with Gasteiger partial charge >= 0.3 is 6.09 Å². The van der Waals surface area contributed by atoms with Gasteiger partial charge in [-0.3, -0.25) is 9.69 Å². The maximum absolute atomic E-state index is 12.4. The number of carbonyl (C=O) groups excluding carboxylic acids is 2. The molecule has 0 bridgehead atoms. The average Bonchev–Trinajstić information content (AvgIpc) is 2.99. The Morgan fingerprint density at radius 3 is 2.39 bits per heavy atom. The van der Waals surface area contributed by atoms with Gasteiger partial charge in [-0.05, 0) is 53.0 Å². The minimum atomic E-state index is -0.484. The van der Waals surface area contributed by atoms with Crippen LogP contribution >= 0.6 is 0 Å². The first-order chi connectivity index (χ1) is 10.8. The Balaban J connectivity index is 1.80. The molecule has 0 aromatic heterocycles. The van der Waals surface area contributed by atoms with Crippen molar-refractivity contribution >= 4 is 12.0 Å². The third-order valence-electron chi connectivity index (χ3n) is 4.43. The molecule has 0 spiro atoms. The van der Waals surface area contributed by atoms with E-state index >= 15 is 0 Å². The van der Waals surface area contributed by atoms with Crippen molar-refractivity contribution in [2.75, 3.05) is 32.7 Å². The van der Waals surface area contributed by atoms with E-state index in [1.165, 1.54) is 0 Å². The zero-order valence-corrected chi connectivity index (χ0v) is 14.8. The number of likely N-dealkylation sites (tertiary alicyclic amines) is 2. The number of nitrogens with zero attached hydrogens (tertiary/aromatic N) is 2. The van der Waals surface area contributed by atoms with Crippen LogP contribution in [-0.4, -0.2) is 66.2 Å². The monoisotopic (exact) mass is 325 g/mol. The molecule has 0 saturated carbocycles. The molecule has 0 aromatic carbocycles. The lowest BCUT2D eigenvalue weighted by Crippen LogP contribution is -2.50. The number of hydrogen-bond donors (Lipinski definition) is 1. The van der Waals surface area contributed by atoms with Gasteiger partial charge < -0.3 is 15.0 Å². The Hall–Kier alpha value is -1.30. The number of piperidine rings is 1. The van der Waals surface area contributed by atoms with Crippen LogP contribution in [0.1, 0.15) is 52.9 Å². The summed E-state index contributed by atoms with van der Waals surface area (Å²) in [5.41, 5.74) is -0.484. The molecule has 2 rings (SSSR count). The topological polar surface area (TPSA) is 61.9 Å². The van der Waals surface area contributed by atoms with E-state index in [1.54, 1.807) is 0 Å². The molecule has 1 unspecified atom stereocenters. The summed E-state index contributed by atoms with van der Waals surface area (Å²) in [6.45, 7) is 9.31. The summed E-state index contributed by atoms with van der Waals surface area (Å²) in [6, 6.07) is 0.225. The molecule has 2 amide bonds. The SMILES string of the molecule is CC(C)(C)OC(=O)NCC1CCCCN1CC(=O)N1CCCC1. The van der Waals surface area contributed by atoms with E-state index in [0.29, 0.717) is 13.1 Å². The summed E-state index contributed by atoms with van der Waals surface area (Å²) in [6.07, 6.45) is 5.15. The Kier molecular flexibility index (Phi) is 6.27. The van der Waals surface area contributed by atoms with E-state index in [4.69, 9.17) is 4.74 Å². The third kappa shape index (κ3) is 6.01. The van der Waals surface area contributed by atoms with Gasteiger partial charge in [-0.25, -0.2) is 4.79 Å². The molecule has 0 radical (unpaired) electrons. The molecule has 6 nitrogen and oxygen atoms in total. The van der Waals surface area contributed by atoms with Gasteiger partial charge in [0.25, 0.3) is 0 Å². The van der Waals surface area contributed by atoms with E-state index in [9.17, 15) is 9.59 Å². The van der Waals surface area contributed by atoms with Gasteiger partial charge in [0.05, 0.1) is 6.54 Å². The van der Waals surface area contributed by atoms with E-state index in [-0.39, 0.29) is 18.0 Å². The third-order valence-corrected chi connectivity index (χ3v) is 4.43. The maximum Gasteiger partial charge on any atom is 0.407 e. The normalized spacial score (nSPS) is 22.9. The van der Waals surface area contributed by atoms with Crippen LogP contribution in [0.25, 0.3) is 0 Å². The van der Waals surface area contributed by atoms with Crippen LogP contribution in [0.5, 0.6) is 0 Å². The van der Waals surface area contributed by atoms with Crippen LogP contribution in [0.2, 0.25) is 0 Å². The van der Waals surface area contributed by atoms with Gasteiger partial charge in [0.15, 0.2) is 0 Å². The smallest absolute Gasteiger partial charge is 0.407 e. The number of nitrogens with one attached hydrogen (secondary N) is 1. The minimum absolute atomic E-state index is 0.225. The van der Waals surface area contributed by atoms with Crippen LogP contribution in [0.3, 0.4) is 0 Å². The first-order valence-corrected chi connectivity index (χ1v) is 8.84. The van der Waals surface area contributed by atoms with Crippen molar-refractivity contribution in [3.05, 3.63) is 0 Å². The largest absolute Gasteiger partial charge is 0.444 e. The van der Waals surface area contributed by atoms with E-state index in [0.717, 1.165) is 51.7 Å². The number of hydrogen-bond acceptors (Lipinski definition) is 4. The number of carbonyl (C=O) groups is 2. The average molecular weight is 325 g/mol. The van der Waals surface area contributed by atoms with E-state index in [2.05, 4.69) is 10.2 Å². The second kappa shape index (κ2) is 7.99. The lowest BCUT2D eigenvalue weighted by Gasteiger charge is -2.36. The molecule has 1 atom stereocenters. The summed E-state index contributed by atoms with van der Waals surface area (Å²) in [5, 5.41) is 2.85. The molecule has 6 heteroatoms. The fraction of sp³-hybridized carbons (Fsp3) is 0.882. The molecule has 2 aliphatic heterocycles. The Bertz CT molecular complexity index is 414. The Morgan fingerprint density at radius 2 is 1.74 bits per heavy atom. The van der Waals surface area contributed by atoms with Gasteiger partial charge in [-0.1, -0.05) is 6.42 Å². The number of alkyl carbamates (subject to hydrolysis) is 1. The zero-order chi connectivity index (χ0) is 16.9. The molecule has 2 fully saturated rings. The highest BCUT2D eigenvalue weighted by Gasteiger charge is 2.28. The molecule has 23 heavy (non-hydrogen) atoms. The minimum Gasteiger partial charge on any atom is -0.444 e. The highest BCUT2D eigenvalue weighted by Crippen LogP contribution is 2.18. The fourth-order valence-corrected chi connectivity index (χ4v) is 3.25. The second-order valence-electron chi connectivity index (χ2n) is 7.59. The standard InChI is InChI=1S/C17H31N3O3/c1-17(2,3)23-16(22)18-12-14-8-4-5-11-20(14)13-15(21)19-9-6-7-10-19/h14H,4-13H2,1-3H3,(H,18,22). The maximum atomic E-state index is 12.4. The van der Waals surface area contributed by atoms with Crippen molar-refractivity contribution in [2.45, 2.75) is 64.5 Å². The van der Waals surface area contributed by atoms with Crippen molar-refractivity contribution in [1.82, 2.24) is 15.1 Å². The van der Waals surface area contributed by atoms with Crippen molar-refractivity contribution in [3.63, 3.8) is 0 Å². The molecule has 2 heterocycles. The molecule has 132 valence electrons. The Labute approximate surface area is 139 Å². The molecule has 2 saturated heterocycles. The van der Waals surface area contributed by atoms with E-state index in [1.807, 2.05) is 25.7 Å². The Morgan fingerprint density at radius 1 is 1.09 bits per heavy atom. The molecular weight excluding hydrogens is 294 g/mol. The van der Waals surface area contributed by atoms with Crippen LogP contribution < -0.4 is 5.32 Å². The zero-order valence-electron chi connectivity index (χ0n) is 14.8. The second-order valence-corrected chi connectivity index (χ2v) is 7.59. The highest BCUT2D eigenvalue weighted by atomic mass is 16.6. The van der Waals surface area contributed by atoms with Crippen molar-refractivity contribution in [2.24, 2.45) is 0 Å². The summed E-state index contributed by atoms with van der Waals surface area (Å²) in [4.78, 5) is 28.4. The summed E-state index contributed by atoms with van der Waals surface area (Å²) >= 11 is 0. The molecular formula is C17H31N3O3. The van der Waals surface area contributed by atoms with Crippen LogP contribution in [0, 0.1) is 0 Å². The van der Waals surface area contributed by atoms with Gasteiger partial charge in [0.1, 0.15) is 5.60 Å². The first kappa shape index (κ1) is 18.0. The highest BCUT2D eigenvalue weighted by molar-refractivity contribution is 5.78. The summed E-state index contributed by atoms with van der Waals surface area (Å²) < 4.78 is 5.28. The number of amides is 2. The number of rotatable bonds is 4. The van der Waals surface area contributed by atoms with Crippen LogP contribution in [-0.2, 0) is 9.53 Å². The van der Waals surface area contributed by atoms with Gasteiger partial charge in [0.2, 0.25) is 5.91 Å². The molecule has 2 aliphatic rings. The lowest BCUT2D eigenvalue weighted by molar-refractivity contribution is -0.132. The van der Waals surface area contributed by atoms with Gasteiger partial charge in [0, 0.05) is 25.7 Å². The summed E-state index contributed by atoms with van der Waals surface area (Å²) in [5.74, 6) is 0.228. The fourth-order valence-electron chi connectivity index (χ4n) is 3.25. The van der Waals surface area contributed by atoms with Crippen molar-refractivity contribution in [3.8, 4) is 0 Å². The predicted molar refractivity (Wildman–Crippen MR) is 89.3 cm³/mol. The molecule has 0 aromatic rings. The van der Waals surface area contributed by atoms with Gasteiger partial charge in [-0.15, -0.1) is 0 Å². The van der Waals surface area contributed by atoms with Crippen LogP contribution in [0.4, 0.5) is 4.79 Å². The number of ether oxygens (including phenoxy) is 1. The van der Waals surface area contributed by atoms with Crippen molar-refractivity contribution in [1.29, 1.82) is 0 Å². The summed E-state index contributed by atoms with van der Waals surface area (Å²) in [7, 11) is 0. The van der Waals surface area contributed by atoms with Gasteiger partial charge in [-0.2, -0.15) is 0 Å². The molecule has 0 aliphatic carbocycles. The van der Waals surface area contributed by atoms with E-state index < -0.39 is 5.60 Å². The first-order valence-electron chi connectivity index (χ1n) is 8.84.